The second-order valence-corrected chi connectivity index (χ2v) is 8.49. The van der Waals surface area contributed by atoms with Gasteiger partial charge in [0.25, 0.3) is 0 Å². The van der Waals surface area contributed by atoms with E-state index in [-0.39, 0.29) is 17.1 Å². The molecule has 1 fully saturated rings. The predicted molar refractivity (Wildman–Crippen MR) is 83.0 cm³/mol. The largest absolute Gasteiger partial charge is 0.346 e. The molecule has 0 saturated carbocycles. The molecular weight excluding hydrogens is 361 g/mol. The first kappa shape index (κ1) is 16.2. The highest BCUT2D eigenvalue weighted by atomic mass is 79.9. The third-order valence-electron chi connectivity index (χ3n) is 3.30. The van der Waals surface area contributed by atoms with Crippen molar-refractivity contribution in [1.82, 2.24) is 5.32 Å². The van der Waals surface area contributed by atoms with Crippen LogP contribution in [0.15, 0.2) is 28.7 Å². The fraction of sp³-hybridized carbons (Fsp3) is 0.357. The van der Waals surface area contributed by atoms with Gasteiger partial charge >= 0.3 is 0 Å². The fourth-order valence-corrected chi connectivity index (χ4v) is 4.73. The van der Waals surface area contributed by atoms with Crippen molar-refractivity contribution in [3.8, 4) is 0 Å². The summed E-state index contributed by atoms with van der Waals surface area (Å²) in [6.07, 6.45) is 2.96. The van der Waals surface area contributed by atoms with Gasteiger partial charge in [0.05, 0.1) is 17.0 Å². The van der Waals surface area contributed by atoms with Crippen LogP contribution in [-0.2, 0) is 14.6 Å². The van der Waals surface area contributed by atoms with Gasteiger partial charge in [0.15, 0.2) is 9.84 Å². The minimum Gasteiger partial charge on any atom is -0.346 e. The molecule has 21 heavy (non-hydrogen) atoms. The standard InChI is InChI=1S/C14H15BrFNO3S/c1-14(6-7-21(19,20)9-14)17-13(18)5-2-10-8-11(15)3-4-12(10)16/h2-5,8H,6-7,9H2,1H3,(H,17,18)/b5-2+. The smallest absolute Gasteiger partial charge is 0.244 e. The van der Waals surface area contributed by atoms with Crippen molar-refractivity contribution in [2.24, 2.45) is 0 Å². The molecule has 1 amide bonds. The molecule has 7 heteroatoms. The molecule has 1 saturated heterocycles. The summed E-state index contributed by atoms with van der Waals surface area (Å²) in [5.41, 5.74) is -0.473. The number of hydrogen-bond acceptors (Lipinski definition) is 3. The van der Waals surface area contributed by atoms with Gasteiger partial charge in [0.1, 0.15) is 5.82 Å². The van der Waals surface area contributed by atoms with E-state index in [0.717, 1.165) is 0 Å². The molecule has 0 aromatic heterocycles. The minimum absolute atomic E-state index is 0.0647. The van der Waals surface area contributed by atoms with Crippen LogP contribution in [0.4, 0.5) is 4.39 Å². The number of amides is 1. The molecule has 0 radical (unpaired) electrons. The van der Waals surface area contributed by atoms with Gasteiger partial charge in [-0.1, -0.05) is 15.9 Å². The number of rotatable bonds is 3. The van der Waals surface area contributed by atoms with E-state index in [9.17, 15) is 17.6 Å². The Morgan fingerprint density at radius 3 is 2.81 bits per heavy atom. The third-order valence-corrected chi connectivity index (χ3v) is 5.70. The molecule has 1 aliphatic heterocycles. The van der Waals surface area contributed by atoms with Crippen LogP contribution in [0.25, 0.3) is 6.08 Å². The molecule has 1 atom stereocenters. The van der Waals surface area contributed by atoms with Crippen LogP contribution in [0.1, 0.15) is 18.9 Å². The molecule has 1 N–H and O–H groups in total. The van der Waals surface area contributed by atoms with Crippen LogP contribution in [-0.4, -0.2) is 31.4 Å². The maximum Gasteiger partial charge on any atom is 0.244 e. The van der Waals surface area contributed by atoms with Gasteiger partial charge < -0.3 is 5.32 Å². The quantitative estimate of drug-likeness (QED) is 0.824. The lowest BCUT2D eigenvalue weighted by Crippen LogP contribution is -2.46. The maximum absolute atomic E-state index is 13.5. The third kappa shape index (κ3) is 4.38. The van der Waals surface area contributed by atoms with E-state index < -0.39 is 27.1 Å². The summed E-state index contributed by atoms with van der Waals surface area (Å²) in [5.74, 6) is -0.857. The number of carbonyl (C=O) groups is 1. The van der Waals surface area contributed by atoms with Crippen molar-refractivity contribution in [2.45, 2.75) is 18.9 Å². The highest BCUT2D eigenvalue weighted by Crippen LogP contribution is 2.23. The van der Waals surface area contributed by atoms with Gasteiger partial charge in [-0.25, -0.2) is 12.8 Å². The van der Waals surface area contributed by atoms with E-state index in [2.05, 4.69) is 21.2 Å². The second-order valence-electron chi connectivity index (χ2n) is 5.39. The monoisotopic (exact) mass is 375 g/mol. The van der Waals surface area contributed by atoms with E-state index in [1.54, 1.807) is 19.1 Å². The SMILES string of the molecule is CC1(NC(=O)/C=C/c2cc(Br)ccc2F)CCS(=O)(=O)C1. The first-order chi connectivity index (χ1) is 9.69. The van der Waals surface area contributed by atoms with Gasteiger partial charge in [-0.2, -0.15) is 0 Å². The van der Waals surface area contributed by atoms with Gasteiger partial charge in [-0.3, -0.25) is 4.79 Å². The Kier molecular flexibility index (Phi) is 4.53. The summed E-state index contributed by atoms with van der Waals surface area (Å²) in [4.78, 5) is 11.9. The first-order valence-corrected chi connectivity index (χ1v) is 8.96. The molecule has 4 nitrogen and oxygen atoms in total. The lowest BCUT2D eigenvalue weighted by molar-refractivity contribution is -0.117. The fourth-order valence-electron chi connectivity index (χ4n) is 2.26. The van der Waals surface area contributed by atoms with E-state index in [1.807, 2.05) is 0 Å². The van der Waals surface area contributed by atoms with Crippen LogP contribution < -0.4 is 5.32 Å². The Morgan fingerprint density at radius 1 is 1.48 bits per heavy atom. The van der Waals surface area contributed by atoms with Crippen LogP contribution in [0.3, 0.4) is 0 Å². The summed E-state index contributed by atoms with van der Waals surface area (Å²) in [6.45, 7) is 1.70. The van der Waals surface area contributed by atoms with Gasteiger partial charge in [0.2, 0.25) is 5.91 Å². The number of benzene rings is 1. The van der Waals surface area contributed by atoms with Crippen molar-refractivity contribution in [1.29, 1.82) is 0 Å². The topological polar surface area (TPSA) is 63.2 Å². The minimum atomic E-state index is -3.08. The number of nitrogens with one attached hydrogen (secondary N) is 1. The highest BCUT2D eigenvalue weighted by molar-refractivity contribution is 9.10. The predicted octanol–water partition coefficient (Wildman–Crippen LogP) is 2.29. The average molecular weight is 376 g/mol. The van der Waals surface area contributed by atoms with Crippen LogP contribution in [0.2, 0.25) is 0 Å². The molecule has 0 bridgehead atoms. The Morgan fingerprint density at radius 2 is 2.19 bits per heavy atom. The van der Waals surface area contributed by atoms with Crippen molar-refractivity contribution < 1.29 is 17.6 Å². The molecule has 0 aliphatic carbocycles. The second kappa shape index (κ2) is 5.88. The van der Waals surface area contributed by atoms with Gasteiger partial charge in [-0.15, -0.1) is 0 Å². The molecule has 1 aliphatic rings. The summed E-state index contributed by atoms with van der Waals surface area (Å²) in [5, 5.41) is 2.68. The Labute approximate surface area is 131 Å². The molecule has 0 spiro atoms. The molecule has 2 rings (SSSR count). The van der Waals surface area contributed by atoms with Gasteiger partial charge in [0, 0.05) is 16.1 Å². The number of hydrogen-bond donors (Lipinski definition) is 1. The first-order valence-electron chi connectivity index (χ1n) is 6.35. The molecule has 114 valence electrons. The van der Waals surface area contributed by atoms with Crippen LogP contribution >= 0.6 is 15.9 Å². The number of halogens is 2. The number of carbonyl (C=O) groups excluding carboxylic acids is 1. The Hall–Kier alpha value is -1.21. The zero-order valence-electron chi connectivity index (χ0n) is 11.4. The van der Waals surface area contributed by atoms with Crippen LogP contribution in [0, 0.1) is 5.82 Å². The zero-order chi connectivity index (χ0) is 15.7. The molecular formula is C14H15BrFNO3S. The molecule has 1 aromatic rings. The van der Waals surface area contributed by atoms with E-state index in [1.165, 1.54) is 18.2 Å². The van der Waals surface area contributed by atoms with E-state index >= 15 is 0 Å². The van der Waals surface area contributed by atoms with Crippen molar-refractivity contribution in [2.75, 3.05) is 11.5 Å². The lowest BCUT2D eigenvalue weighted by atomic mass is 10.0. The normalized spacial score (nSPS) is 24.3. The molecule has 1 aromatic carbocycles. The van der Waals surface area contributed by atoms with Gasteiger partial charge in [-0.05, 0) is 37.6 Å². The lowest BCUT2D eigenvalue weighted by Gasteiger charge is -2.22. The van der Waals surface area contributed by atoms with Crippen molar-refractivity contribution >= 4 is 37.8 Å². The molecule has 1 heterocycles. The Balaban J connectivity index is 2.05. The average Bonchev–Trinajstić information content (AvgIpc) is 2.64. The summed E-state index contributed by atoms with van der Waals surface area (Å²) in [7, 11) is -3.08. The summed E-state index contributed by atoms with van der Waals surface area (Å²) < 4.78 is 37.2. The van der Waals surface area contributed by atoms with E-state index in [4.69, 9.17) is 0 Å². The maximum atomic E-state index is 13.5. The summed E-state index contributed by atoms with van der Waals surface area (Å²) >= 11 is 3.23. The highest BCUT2D eigenvalue weighted by Gasteiger charge is 2.39. The number of sulfone groups is 1. The van der Waals surface area contributed by atoms with E-state index in [0.29, 0.717) is 10.9 Å². The molecule has 1 unspecified atom stereocenters. The summed E-state index contributed by atoms with van der Waals surface area (Å²) in [6, 6.07) is 4.42. The Bertz CT molecular complexity index is 702. The van der Waals surface area contributed by atoms with Crippen molar-refractivity contribution in [3.05, 3.63) is 40.1 Å². The van der Waals surface area contributed by atoms with Crippen molar-refractivity contribution in [3.63, 3.8) is 0 Å². The van der Waals surface area contributed by atoms with Crippen LogP contribution in [0.5, 0.6) is 0 Å². The zero-order valence-corrected chi connectivity index (χ0v) is 13.8.